The maximum absolute atomic E-state index is 12.8. The molecule has 1 amide bonds. The third-order valence-corrected chi connectivity index (χ3v) is 5.89. The number of amides is 1. The highest BCUT2D eigenvalue weighted by Crippen LogP contribution is 2.32. The van der Waals surface area contributed by atoms with Gasteiger partial charge >= 0.3 is 0 Å². The number of nitrogens with one attached hydrogen (secondary N) is 1. The first-order chi connectivity index (χ1) is 13.1. The van der Waals surface area contributed by atoms with Gasteiger partial charge in [-0.05, 0) is 49.9 Å². The van der Waals surface area contributed by atoms with Crippen LogP contribution in [0, 0.1) is 23.7 Å². The summed E-state index contributed by atoms with van der Waals surface area (Å²) >= 11 is 3.43. The van der Waals surface area contributed by atoms with Crippen molar-refractivity contribution in [3.05, 3.63) is 28.7 Å². The molecule has 2 atom stereocenters. The van der Waals surface area contributed by atoms with Gasteiger partial charge in [0, 0.05) is 17.3 Å². The van der Waals surface area contributed by atoms with Crippen molar-refractivity contribution >= 4 is 21.8 Å². The topological polar surface area (TPSA) is 65.4 Å². The van der Waals surface area contributed by atoms with Gasteiger partial charge in [-0.2, -0.15) is 5.26 Å². The fourth-order valence-corrected chi connectivity index (χ4v) is 4.21. The van der Waals surface area contributed by atoms with E-state index in [1.54, 1.807) is 4.90 Å². The molecule has 1 saturated carbocycles. The predicted octanol–water partition coefficient (Wildman–Crippen LogP) is 3.59. The van der Waals surface area contributed by atoms with E-state index in [1.807, 2.05) is 24.3 Å². The number of benzene rings is 1. The van der Waals surface area contributed by atoms with Crippen LogP contribution >= 0.6 is 15.9 Å². The van der Waals surface area contributed by atoms with Gasteiger partial charge in [-0.3, -0.25) is 10.1 Å². The molecule has 142 valence electrons. The van der Waals surface area contributed by atoms with Gasteiger partial charge in [0.1, 0.15) is 11.8 Å². The number of nitrogens with zero attached hydrogens (tertiary/aromatic N) is 2. The van der Waals surface area contributed by atoms with Gasteiger partial charge in [-0.15, -0.1) is 6.42 Å². The Balaban J connectivity index is 1.69. The van der Waals surface area contributed by atoms with Crippen molar-refractivity contribution in [2.75, 3.05) is 6.54 Å². The average molecular weight is 430 g/mol. The summed E-state index contributed by atoms with van der Waals surface area (Å²) in [6, 6.07) is 9.19. The Kier molecular flexibility index (Phi) is 6.42. The van der Waals surface area contributed by atoms with Crippen LogP contribution in [-0.4, -0.2) is 35.2 Å². The summed E-state index contributed by atoms with van der Waals surface area (Å²) in [6.45, 7) is 0.118. The number of rotatable bonds is 5. The predicted molar refractivity (Wildman–Crippen MR) is 107 cm³/mol. The van der Waals surface area contributed by atoms with Crippen molar-refractivity contribution in [3.63, 3.8) is 0 Å². The van der Waals surface area contributed by atoms with Crippen LogP contribution < -0.4 is 10.1 Å². The quantitative estimate of drug-likeness (QED) is 0.573. The highest BCUT2D eigenvalue weighted by molar-refractivity contribution is 9.10. The smallest absolute Gasteiger partial charge is 0.238 e. The second kappa shape index (κ2) is 8.78. The van der Waals surface area contributed by atoms with Crippen molar-refractivity contribution in [3.8, 4) is 24.2 Å². The summed E-state index contributed by atoms with van der Waals surface area (Å²) in [5, 5.41) is 12.7. The highest BCUT2D eigenvalue weighted by atomic mass is 79.9. The molecule has 0 aromatic heterocycles. The normalized spacial score (nSPS) is 24.0. The molecular formula is C21H24BrN3O2. The standard InChI is InChI=1S/C21H24BrN3O2/c1-2-17-8-9-18(14-23)25(17)20(26)15-24-21(12-4-3-5-13-21)27-19-10-6-16(22)7-11-19/h1,6-7,10-11,17-18,24H,3-5,8-9,12-13,15H2. The Bertz CT molecular complexity index is 722. The molecule has 1 saturated heterocycles. The van der Waals surface area contributed by atoms with E-state index in [-0.39, 0.29) is 18.5 Å². The van der Waals surface area contributed by atoms with E-state index in [0.29, 0.717) is 12.8 Å². The molecule has 0 bridgehead atoms. The fraction of sp³-hybridized carbons (Fsp3) is 0.524. The lowest BCUT2D eigenvalue weighted by atomic mass is 9.91. The molecule has 1 aromatic carbocycles. The van der Waals surface area contributed by atoms with Crippen molar-refractivity contribution in [1.82, 2.24) is 10.2 Å². The minimum absolute atomic E-state index is 0.118. The zero-order chi connectivity index (χ0) is 19.3. The zero-order valence-corrected chi connectivity index (χ0v) is 16.9. The summed E-state index contributed by atoms with van der Waals surface area (Å²) in [5.41, 5.74) is -0.560. The second-order valence-corrected chi connectivity index (χ2v) is 8.09. The van der Waals surface area contributed by atoms with Crippen molar-refractivity contribution in [2.45, 2.75) is 62.8 Å². The zero-order valence-electron chi connectivity index (χ0n) is 15.3. The Morgan fingerprint density at radius 3 is 2.56 bits per heavy atom. The summed E-state index contributed by atoms with van der Waals surface area (Å²) in [7, 11) is 0. The van der Waals surface area contributed by atoms with Crippen LogP contribution in [0.2, 0.25) is 0 Å². The number of hydrogen-bond acceptors (Lipinski definition) is 4. The third kappa shape index (κ3) is 4.64. The molecule has 1 aromatic rings. The van der Waals surface area contributed by atoms with Crippen molar-refractivity contribution in [1.29, 1.82) is 5.26 Å². The van der Waals surface area contributed by atoms with Gasteiger partial charge in [0.05, 0.1) is 18.7 Å². The van der Waals surface area contributed by atoms with E-state index < -0.39 is 11.8 Å². The summed E-state index contributed by atoms with van der Waals surface area (Å²) in [6.07, 6.45) is 11.8. The van der Waals surface area contributed by atoms with Crippen LogP contribution in [0.3, 0.4) is 0 Å². The lowest BCUT2D eigenvalue weighted by Crippen LogP contribution is -2.55. The molecule has 0 spiro atoms. The van der Waals surface area contributed by atoms with E-state index >= 15 is 0 Å². The molecule has 2 aliphatic rings. The fourth-order valence-electron chi connectivity index (χ4n) is 3.94. The molecule has 2 fully saturated rings. The SMILES string of the molecule is C#CC1CCC(C#N)N1C(=O)CNC1(Oc2ccc(Br)cc2)CCCCC1. The van der Waals surface area contributed by atoms with Crippen LogP contribution in [0.1, 0.15) is 44.9 Å². The second-order valence-electron chi connectivity index (χ2n) is 7.17. The molecule has 2 unspecified atom stereocenters. The molecule has 6 heteroatoms. The number of terminal acetylenes is 1. The van der Waals surface area contributed by atoms with Gasteiger partial charge in [0.2, 0.25) is 5.91 Å². The number of likely N-dealkylation sites (tertiary alicyclic amines) is 1. The maximum atomic E-state index is 12.8. The van der Waals surface area contributed by atoms with Gasteiger partial charge in [-0.25, -0.2) is 0 Å². The van der Waals surface area contributed by atoms with Crippen molar-refractivity contribution < 1.29 is 9.53 Å². The van der Waals surface area contributed by atoms with E-state index in [1.165, 1.54) is 6.42 Å². The third-order valence-electron chi connectivity index (χ3n) is 5.36. The van der Waals surface area contributed by atoms with E-state index in [0.717, 1.165) is 35.9 Å². The number of ether oxygens (including phenoxy) is 1. The number of nitriles is 1. The first kappa shape index (κ1) is 19.7. The highest BCUT2D eigenvalue weighted by Gasteiger charge is 2.39. The van der Waals surface area contributed by atoms with Crippen LogP contribution in [0.4, 0.5) is 0 Å². The summed E-state index contributed by atoms with van der Waals surface area (Å²) in [5.74, 6) is 3.28. The van der Waals surface area contributed by atoms with Crippen molar-refractivity contribution in [2.24, 2.45) is 0 Å². The molecule has 1 N–H and O–H groups in total. The monoisotopic (exact) mass is 429 g/mol. The Hall–Kier alpha value is -2.02. The van der Waals surface area contributed by atoms with Gasteiger partial charge in [0.15, 0.2) is 5.72 Å². The number of carbonyl (C=O) groups excluding carboxylic acids is 1. The first-order valence-corrected chi connectivity index (χ1v) is 10.2. The van der Waals surface area contributed by atoms with Gasteiger partial charge in [-0.1, -0.05) is 28.3 Å². The molecule has 3 rings (SSSR count). The lowest BCUT2D eigenvalue weighted by Gasteiger charge is -2.39. The number of halogens is 1. The van der Waals surface area contributed by atoms with Crippen LogP contribution in [0.25, 0.3) is 0 Å². The minimum Gasteiger partial charge on any atom is -0.473 e. The van der Waals surface area contributed by atoms with Gasteiger partial charge in [0.25, 0.3) is 0 Å². The molecule has 1 aliphatic heterocycles. The molecule has 5 nitrogen and oxygen atoms in total. The first-order valence-electron chi connectivity index (χ1n) is 9.43. The summed E-state index contributed by atoms with van der Waals surface area (Å²) < 4.78 is 7.30. The number of hydrogen-bond donors (Lipinski definition) is 1. The van der Waals surface area contributed by atoms with Crippen LogP contribution in [0.5, 0.6) is 5.75 Å². The maximum Gasteiger partial charge on any atom is 0.238 e. The summed E-state index contributed by atoms with van der Waals surface area (Å²) in [4.78, 5) is 14.4. The number of carbonyl (C=O) groups is 1. The molecule has 1 aliphatic carbocycles. The Morgan fingerprint density at radius 1 is 1.26 bits per heavy atom. The molecule has 1 heterocycles. The van der Waals surface area contributed by atoms with E-state index in [4.69, 9.17) is 11.2 Å². The van der Waals surface area contributed by atoms with Gasteiger partial charge < -0.3 is 9.64 Å². The minimum atomic E-state index is -0.560. The Morgan fingerprint density at radius 2 is 1.93 bits per heavy atom. The Labute approximate surface area is 169 Å². The van der Waals surface area contributed by atoms with Crippen LogP contribution in [-0.2, 0) is 4.79 Å². The largest absolute Gasteiger partial charge is 0.473 e. The molecule has 0 radical (unpaired) electrons. The van der Waals surface area contributed by atoms with E-state index in [2.05, 4.69) is 33.2 Å². The van der Waals surface area contributed by atoms with Crippen LogP contribution in [0.15, 0.2) is 28.7 Å². The molecule has 27 heavy (non-hydrogen) atoms. The lowest BCUT2D eigenvalue weighted by molar-refractivity contribution is -0.133. The molecular weight excluding hydrogens is 406 g/mol. The average Bonchev–Trinajstić information content (AvgIpc) is 3.12. The van der Waals surface area contributed by atoms with E-state index in [9.17, 15) is 10.1 Å².